The Balaban J connectivity index is 1.77. The molecule has 3 aromatic rings. The molecule has 0 aromatic heterocycles. The van der Waals surface area contributed by atoms with E-state index in [0.717, 1.165) is 17.7 Å². The topological polar surface area (TPSA) is 57.7 Å². The lowest BCUT2D eigenvalue weighted by molar-refractivity contribution is -0.117. The Kier molecular flexibility index (Phi) is 5.77. The van der Waals surface area contributed by atoms with Crippen LogP contribution in [-0.4, -0.2) is 26.9 Å². The van der Waals surface area contributed by atoms with E-state index in [1.807, 2.05) is 31.2 Å². The van der Waals surface area contributed by atoms with Gasteiger partial charge in [0.1, 0.15) is 6.54 Å². The van der Waals surface area contributed by atoms with Crippen molar-refractivity contribution in [2.75, 3.05) is 15.7 Å². The van der Waals surface area contributed by atoms with Gasteiger partial charge in [0, 0.05) is 16.8 Å². The fraction of sp³-hybridized carbons (Fsp3) is 0.208. The Morgan fingerprint density at radius 3 is 2.48 bits per heavy atom. The van der Waals surface area contributed by atoms with Gasteiger partial charge in [-0.2, -0.15) is 0 Å². The Labute approximate surface area is 187 Å². The number of halogens is 1. The molecule has 1 heterocycles. The van der Waals surface area contributed by atoms with E-state index in [-0.39, 0.29) is 23.4 Å². The number of sulfonamides is 1. The third-order valence-corrected chi connectivity index (χ3v) is 7.53. The van der Waals surface area contributed by atoms with Gasteiger partial charge < -0.3 is 4.90 Å². The molecule has 0 N–H and O–H groups in total. The molecule has 7 heteroatoms. The summed E-state index contributed by atoms with van der Waals surface area (Å²) >= 11 is 6.19. The van der Waals surface area contributed by atoms with Crippen molar-refractivity contribution in [3.05, 3.63) is 88.9 Å². The van der Waals surface area contributed by atoms with Crippen LogP contribution in [0.5, 0.6) is 0 Å². The smallest absolute Gasteiger partial charge is 0.264 e. The van der Waals surface area contributed by atoms with Gasteiger partial charge in [-0.1, -0.05) is 54.1 Å². The molecule has 1 aliphatic rings. The summed E-state index contributed by atoms with van der Waals surface area (Å²) in [7, 11) is -3.99. The van der Waals surface area contributed by atoms with Crippen LogP contribution in [0.3, 0.4) is 0 Å². The minimum atomic E-state index is -3.99. The SMILES string of the molecule is Cc1ccc(Cl)cc1N(CC(=O)N1c2ccccc2C[C@H]1C)S(=O)(=O)c1ccccc1. The molecule has 5 nitrogen and oxygen atoms in total. The fourth-order valence-electron chi connectivity index (χ4n) is 4.02. The van der Waals surface area contributed by atoms with Gasteiger partial charge in [-0.3, -0.25) is 9.10 Å². The lowest BCUT2D eigenvalue weighted by atomic mass is 10.1. The van der Waals surface area contributed by atoms with Gasteiger partial charge in [0.25, 0.3) is 10.0 Å². The maximum atomic E-state index is 13.6. The highest BCUT2D eigenvalue weighted by Gasteiger charge is 2.35. The van der Waals surface area contributed by atoms with Crippen LogP contribution in [0.1, 0.15) is 18.1 Å². The first-order chi connectivity index (χ1) is 14.8. The number of carbonyl (C=O) groups is 1. The second-order valence-electron chi connectivity index (χ2n) is 7.70. The number of fused-ring (bicyclic) bond motifs is 1. The predicted molar refractivity (Wildman–Crippen MR) is 124 cm³/mol. The summed E-state index contributed by atoms with van der Waals surface area (Å²) in [6.07, 6.45) is 0.740. The predicted octanol–water partition coefficient (Wildman–Crippen LogP) is 4.82. The average molecular weight is 455 g/mol. The quantitative estimate of drug-likeness (QED) is 0.555. The van der Waals surface area contributed by atoms with Crippen molar-refractivity contribution in [3.63, 3.8) is 0 Å². The van der Waals surface area contributed by atoms with Crippen molar-refractivity contribution in [1.82, 2.24) is 0 Å². The molecule has 1 atom stereocenters. The Bertz CT molecular complexity index is 1230. The molecule has 160 valence electrons. The van der Waals surface area contributed by atoms with E-state index < -0.39 is 10.0 Å². The van der Waals surface area contributed by atoms with E-state index in [9.17, 15) is 13.2 Å². The Hall–Kier alpha value is -2.83. The molecular weight excluding hydrogens is 432 g/mol. The molecule has 0 fully saturated rings. The number of hydrogen-bond donors (Lipinski definition) is 0. The van der Waals surface area contributed by atoms with E-state index in [0.29, 0.717) is 16.3 Å². The van der Waals surface area contributed by atoms with Crippen molar-refractivity contribution in [2.45, 2.75) is 31.2 Å². The molecule has 0 spiro atoms. The molecule has 1 amide bonds. The number of hydrogen-bond acceptors (Lipinski definition) is 3. The minimum Gasteiger partial charge on any atom is -0.307 e. The molecule has 0 bridgehead atoms. The number of benzene rings is 3. The summed E-state index contributed by atoms with van der Waals surface area (Å²) < 4.78 is 28.3. The van der Waals surface area contributed by atoms with E-state index >= 15 is 0 Å². The zero-order valence-corrected chi connectivity index (χ0v) is 18.9. The first-order valence-corrected chi connectivity index (χ1v) is 11.8. The Morgan fingerprint density at radius 2 is 1.74 bits per heavy atom. The van der Waals surface area contributed by atoms with Crippen molar-refractivity contribution in [3.8, 4) is 0 Å². The molecule has 0 saturated heterocycles. The highest BCUT2D eigenvalue weighted by atomic mass is 35.5. The highest BCUT2D eigenvalue weighted by molar-refractivity contribution is 7.92. The third-order valence-electron chi connectivity index (χ3n) is 5.53. The summed E-state index contributed by atoms with van der Waals surface area (Å²) in [5.41, 5.74) is 3.02. The van der Waals surface area contributed by atoms with E-state index in [1.165, 1.54) is 16.4 Å². The summed E-state index contributed by atoms with van der Waals surface area (Å²) in [4.78, 5) is 15.3. The van der Waals surface area contributed by atoms with Crippen LogP contribution < -0.4 is 9.21 Å². The third kappa shape index (κ3) is 4.05. The maximum absolute atomic E-state index is 13.6. The van der Waals surface area contributed by atoms with Crippen LogP contribution in [0.15, 0.2) is 77.7 Å². The molecule has 0 saturated carbocycles. The fourth-order valence-corrected chi connectivity index (χ4v) is 5.67. The summed E-state index contributed by atoms with van der Waals surface area (Å²) in [6.45, 7) is 3.45. The molecule has 0 unspecified atom stereocenters. The monoisotopic (exact) mass is 454 g/mol. The van der Waals surface area contributed by atoms with Crippen LogP contribution in [0, 0.1) is 6.92 Å². The van der Waals surface area contributed by atoms with Gasteiger partial charge in [-0.15, -0.1) is 0 Å². The Morgan fingerprint density at radius 1 is 1.06 bits per heavy atom. The lowest BCUT2D eigenvalue weighted by Gasteiger charge is -2.29. The largest absolute Gasteiger partial charge is 0.307 e. The number of anilines is 2. The zero-order chi connectivity index (χ0) is 22.2. The van der Waals surface area contributed by atoms with Crippen molar-refractivity contribution in [2.24, 2.45) is 0 Å². The molecule has 0 radical (unpaired) electrons. The number of para-hydroxylation sites is 1. The number of aryl methyl sites for hydroxylation is 1. The van der Waals surface area contributed by atoms with Gasteiger partial charge >= 0.3 is 0 Å². The van der Waals surface area contributed by atoms with Crippen LogP contribution in [-0.2, 0) is 21.2 Å². The number of carbonyl (C=O) groups excluding carboxylic acids is 1. The van der Waals surface area contributed by atoms with Crippen molar-refractivity contribution >= 4 is 38.9 Å². The second-order valence-corrected chi connectivity index (χ2v) is 10.00. The molecule has 3 aromatic carbocycles. The molecule has 4 rings (SSSR count). The summed E-state index contributed by atoms with van der Waals surface area (Å²) in [5, 5.41) is 0.404. The van der Waals surface area contributed by atoms with E-state index in [2.05, 4.69) is 0 Å². The first kappa shape index (κ1) is 21.4. The average Bonchev–Trinajstić information content (AvgIpc) is 3.10. The van der Waals surface area contributed by atoms with Crippen LogP contribution in [0.25, 0.3) is 0 Å². The van der Waals surface area contributed by atoms with Gasteiger partial charge in [0.2, 0.25) is 5.91 Å². The molecular formula is C24H23ClN2O3S. The van der Waals surface area contributed by atoms with E-state index in [1.54, 1.807) is 48.2 Å². The number of nitrogens with zero attached hydrogens (tertiary/aromatic N) is 2. The number of rotatable bonds is 5. The van der Waals surface area contributed by atoms with Crippen LogP contribution in [0.2, 0.25) is 5.02 Å². The van der Waals surface area contributed by atoms with Gasteiger partial charge in [-0.05, 0) is 61.7 Å². The van der Waals surface area contributed by atoms with Crippen molar-refractivity contribution < 1.29 is 13.2 Å². The zero-order valence-electron chi connectivity index (χ0n) is 17.3. The van der Waals surface area contributed by atoms with Crippen LogP contribution >= 0.6 is 11.6 Å². The summed E-state index contributed by atoms with van der Waals surface area (Å²) in [5.74, 6) is -0.281. The van der Waals surface area contributed by atoms with E-state index in [4.69, 9.17) is 11.6 Å². The second kappa shape index (κ2) is 8.36. The van der Waals surface area contributed by atoms with Crippen LogP contribution in [0.4, 0.5) is 11.4 Å². The molecule has 1 aliphatic heterocycles. The number of amides is 1. The first-order valence-electron chi connectivity index (χ1n) is 10.0. The highest BCUT2D eigenvalue weighted by Crippen LogP contribution is 2.34. The van der Waals surface area contributed by atoms with Gasteiger partial charge in [0.15, 0.2) is 0 Å². The maximum Gasteiger partial charge on any atom is 0.264 e. The molecule has 31 heavy (non-hydrogen) atoms. The summed E-state index contributed by atoms with van der Waals surface area (Å²) in [6, 6.07) is 20.9. The van der Waals surface area contributed by atoms with Gasteiger partial charge in [-0.25, -0.2) is 8.42 Å². The van der Waals surface area contributed by atoms with Gasteiger partial charge in [0.05, 0.1) is 10.6 Å². The van der Waals surface area contributed by atoms with Crippen molar-refractivity contribution in [1.29, 1.82) is 0 Å². The molecule has 0 aliphatic carbocycles. The lowest BCUT2D eigenvalue weighted by Crippen LogP contribution is -2.45. The standard InChI is InChI=1S/C24H23ClN2O3S/c1-17-12-13-20(25)15-23(17)26(31(29,30)21-9-4-3-5-10-21)16-24(28)27-18(2)14-19-8-6-7-11-22(19)27/h3-13,15,18H,14,16H2,1-2H3/t18-/m1/s1. The minimum absolute atomic E-state index is 0.0494. The normalized spacial score (nSPS) is 15.6.